The van der Waals surface area contributed by atoms with Crippen LogP contribution in [0.5, 0.6) is 0 Å². The minimum atomic E-state index is 0.270. The first-order valence-electron chi connectivity index (χ1n) is 12.1. The van der Waals surface area contributed by atoms with Gasteiger partial charge in [0.05, 0.1) is 30.3 Å². The van der Waals surface area contributed by atoms with E-state index < -0.39 is 0 Å². The standard InChI is InChI=1S/C13H27NO.C12H24N2O/c1-9(2)12-7-11(14(5)6)8-13(15-12)10(3)4;1-8(2)11-6-14(10(5)13)7-12(15-11)9(3)4/h9-13H,7-8H2,1-6H3;8-9,11-13H,6-7H2,1-5H3/t12-,13-;11-,12+/m1./s1. The number of nitrogens with zero attached hydrogens (tertiary/aromatic N) is 2. The number of ether oxygens (including phenoxy) is 2. The van der Waals surface area contributed by atoms with Crippen molar-refractivity contribution in [3.05, 3.63) is 0 Å². The molecule has 0 unspecified atom stereocenters. The van der Waals surface area contributed by atoms with Crippen LogP contribution in [0.1, 0.15) is 75.2 Å². The van der Waals surface area contributed by atoms with Crippen molar-refractivity contribution in [2.75, 3.05) is 27.2 Å². The van der Waals surface area contributed by atoms with E-state index >= 15 is 0 Å². The molecule has 4 atom stereocenters. The zero-order valence-corrected chi connectivity index (χ0v) is 21.7. The summed E-state index contributed by atoms with van der Waals surface area (Å²) in [6.07, 6.45) is 3.80. The van der Waals surface area contributed by atoms with Crippen LogP contribution in [-0.2, 0) is 9.47 Å². The smallest absolute Gasteiger partial charge is 0.0927 e. The van der Waals surface area contributed by atoms with E-state index in [1.165, 1.54) is 12.8 Å². The predicted molar refractivity (Wildman–Crippen MR) is 128 cm³/mol. The molecule has 2 saturated heterocycles. The summed E-state index contributed by atoms with van der Waals surface area (Å²) in [6, 6.07) is 0.693. The largest absolute Gasteiger partial charge is 0.374 e. The van der Waals surface area contributed by atoms with Crippen molar-refractivity contribution in [1.82, 2.24) is 9.80 Å². The summed E-state index contributed by atoms with van der Waals surface area (Å²) in [5, 5.41) is 7.72. The Kier molecular flexibility index (Phi) is 11.3. The lowest BCUT2D eigenvalue weighted by Gasteiger charge is -2.42. The highest BCUT2D eigenvalue weighted by atomic mass is 16.5. The number of hydrogen-bond acceptors (Lipinski definition) is 4. The van der Waals surface area contributed by atoms with Gasteiger partial charge in [-0.3, -0.25) is 5.41 Å². The molecule has 0 aliphatic carbocycles. The summed E-state index contributed by atoms with van der Waals surface area (Å²) in [4.78, 5) is 4.49. The SMILES string of the molecule is CC(=N)N1C[C@@H](C(C)C)O[C@@H](C(C)C)C1.CC(C)[C@H]1CC(N(C)C)C[C@H](C(C)C)O1. The third-order valence-corrected chi connectivity index (χ3v) is 6.69. The first kappa shape index (κ1) is 27.4. The summed E-state index contributed by atoms with van der Waals surface area (Å²) >= 11 is 0. The number of amidine groups is 1. The molecule has 178 valence electrons. The average Bonchev–Trinajstić information content (AvgIpc) is 2.67. The highest BCUT2D eigenvalue weighted by Crippen LogP contribution is 2.30. The minimum absolute atomic E-state index is 0.270. The Labute approximate surface area is 187 Å². The van der Waals surface area contributed by atoms with Crippen molar-refractivity contribution in [2.24, 2.45) is 23.7 Å². The van der Waals surface area contributed by atoms with E-state index in [0.717, 1.165) is 13.1 Å². The van der Waals surface area contributed by atoms with E-state index in [2.05, 4.69) is 79.3 Å². The molecule has 0 bridgehead atoms. The second kappa shape index (κ2) is 12.4. The topological polar surface area (TPSA) is 48.8 Å². The summed E-state index contributed by atoms with van der Waals surface area (Å²) < 4.78 is 12.2. The maximum atomic E-state index is 7.72. The third-order valence-electron chi connectivity index (χ3n) is 6.69. The van der Waals surface area contributed by atoms with E-state index in [0.29, 0.717) is 47.8 Å². The molecule has 2 aliphatic rings. The van der Waals surface area contributed by atoms with Crippen LogP contribution in [-0.4, -0.2) is 73.3 Å². The molecule has 2 aliphatic heterocycles. The molecule has 0 spiro atoms. The molecule has 0 aromatic carbocycles. The summed E-state index contributed by atoms with van der Waals surface area (Å²) in [7, 11) is 4.37. The number of rotatable bonds is 5. The van der Waals surface area contributed by atoms with Crippen LogP contribution in [0.2, 0.25) is 0 Å². The summed E-state index contributed by atoms with van der Waals surface area (Å²) in [5.74, 6) is 2.97. The number of morpholine rings is 1. The molecule has 0 radical (unpaired) electrons. The maximum Gasteiger partial charge on any atom is 0.0927 e. The van der Waals surface area contributed by atoms with Crippen LogP contribution in [0, 0.1) is 29.1 Å². The van der Waals surface area contributed by atoms with Gasteiger partial charge in [0, 0.05) is 19.1 Å². The number of nitrogens with one attached hydrogen (secondary N) is 1. The van der Waals surface area contributed by atoms with E-state index in [9.17, 15) is 0 Å². The Morgan fingerprint density at radius 1 is 0.733 bits per heavy atom. The van der Waals surface area contributed by atoms with Gasteiger partial charge < -0.3 is 19.3 Å². The summed E-state index contributed by atoms with van der Waals surface area (Å²) in [6.45, 7) is 21.4. The van der Waals surface area contributed by atoms with E-state index in [1.807, 2.05) is 6.92 Å². The van der Waals surface area contributed by atoms with Crippen molar-refractivity contribution in [2.45, 2.75) is 106 Å². The molecule has 0 aromatic rings. The first-order chi connectivity index (χ1) is 13.8. The van der Waals surface area contributed by atoms with Gasteiger partial charge in [-0.1, -0.05) is 55.4 Å². The molecule has 0 amide bonds. The Morgan fingerprint density at radius 2 is 1.07 bits per heavy atom. The molecule has 2 rings (SSSR count). The average molecular weight is 426 g/mol. The highest BCUT2D eigenvalue weighted by Gasteiger charge is 2.33. The highest BCUT2D eigenvalue weighted by molar-refractivity contribution is 5.76. The van der Waals surface area contributed by atoms with Crippen molar-refractivity contribution in [3.63, 3.8) is 0 Å². The Bertz CT molecular complexity index is 449. The predicted octanol–water partition coefficient (Wildman–Crippen LogP) is 5.14. The van der Waals surface area contributed by atoms with E-state index in [4.69, 9.17) is 14.9 Å². The Hall–Kier alpha value is -0.650. The van der Waals surface area contributed by atoms with Gasteiger partial charge in [0.15, 0.2) is 0 Å². The van der Waals surface area contributed by atoms with Gasteiger partial charge in [0.25, 0.3) is 0 Å². The van der Waals surface area contributed by atoms with Gasteiger partial charge >= 0.3 is 0 Å². The first-order valence-corrected chi connectivity index (χ1v) is 12.1. The van der Waals surface area contributed by atoms with Crippen LogP contribution >= 0.6 is 0 Å². The maximum absolute atomic E-state index is 7.72. The molecule has 5 nitrogen and oxygen atoms in total. The molecule has 0 aromatic heterocycles. The van der Waals surface area contributed by atoms with Gasteiger partial charge in [-0.05, 0) is 57.5 Å². The quantitative estimate of drug-likeness (QED) is 0.489. The second-order valence-corrected chi connectivity index (χ2v) is 11.0. The lowest BCUT2D eigenvalue weighted by Crippen LogP contribution is -2.52. The Balaban J connectivity index is 0.000000300. The van der Waals surface area contributed by atoms with Gasteiger partial charge in [0.1, 0.15) is 0 Å². The van der Waals surface area contributed by atoms with Crippen LogP contribution in [0.4, 0.5) is 0 Å². The Morgan fingerprint density at radius 3 is 1.33 bits per heavy atom. The van der Waals surface area contributed by atoms with Crippen LogP contribution < -0.4 is 0 Å². The fourth-order valence-electron chi connectivity index (χ4n) is 4.08. The van der Waals surface area contributed by atoms with E-state index in [1.54, 1.807) is 0 Å². The normalized spacial score (nSPS) is 30.3. The second-order valence-electron chi connectivity index (χ2n) is 11.0. The molecule has 5 heteroatoms. The zero-order chi connectivity index (χ0) is 23.2. The van der Waals surface area contributed by atoms with Crippen LogP contribution in [0.15, 0.2) is 0 Å². The van der Waals surface area contributed by atoms with Crippen molar-refractivity contribution in [1.29, 1.82) is 5.41 Å². The van der Waals surface area contributed by atoms with Crippen LogP contribution in [0.3, 0.4) is 0 Å². The molecular weight excluding hydrogens is 374 g/mol. The molecule has 1 N–H and O–H groups in total. The monoisotopic (exact) mass is 425 g/mol. The molecule has 2 fully saturated rings. The molecular formula is C25H51N3O2. The van der Waals surface area contributed by atoms with Gasteiger partial charge in [-0.15, -0.1) is 0 Å². The minimum Gasteiger partial charge on any atom is -0.374 e. The third kappa shape index (κ3) is 8.47. The lowest BCUT2D eigenvalue weighted by molar-refractivity contribution is -0.111. The zero-order valence-electron chi connectivity index (χ0n) is 21.7. The summed E-state index contributed by atoms with van der Waals surface area (Å²) in [5.41, 5.74) is 0. The molecule has 30 heavy (non-hydrogen) atoms. The van der Waals surface area contributed by atoms with Crippen molar-refractivity contribution >= 4 is 5.84 Å². The van der Waals surface area contributed by atoms with Gasteiger partial charge in [-0.2, -0.15) is 0 Å². The van der Waals surface area contributed by atoms with E-state index in [-0.39, 0.29) is 12.2 Å². The van der Waals surface area contributed by atoms with Crippen molar-refractivity contribution in [3.8, 4) is 0 Å². The lowest BCUT2D eigenvalue weighted by atomic mass is 9.88. The fourth-order valence-corrected chi connectivity index (χ4v) is 4.08. The van der Waals surface area contributed by atoms with Gasteiger partial charge in [0.2, 0.25) is 0 Å². The van der Waals surface area contributed by atoms with Crippen molar-refractivity contribution < 1.29 is 9.47 Å². The fraction of sp³-hybridized carbons (Fsp3) is 0.960. The van der Waals surface area contributed by atoms with Gasteiger partial charge in [-0.25, -0.2) is 0 Å². The van der Waals surface area contributed by atoms with Crippen LogP contribution in [0.25, 0.3) is 0 Å². The molecule has 0 saturated carbocycles. The molecule has 2 heterocycles. The number of hydrogen-bond donors (Lipinski definition) is 1.